The van der Waals surface area contributed by atoms with Gasteiger partial charge in [0.25, 0.3) is 0 Å². The van der Waals surface area contributed by atoms with Gasteiger partial charge < -0.3 is 20.4 Å². The molecule has 1 aliphatic rings. The number of hydrogen-bond donors (Lipinski definition) is 2. The maximum atomic E-state index is 4.30. The molecule has 1 saturated heterocycles. The molecule has 1 aliphatic heterocycles. The molecular formula is C19H28N6. The topological polar surface area (TPSA) is 56.3 Å². The minimum absolute atomic E-state index is 0.577. The van der Waals surface area contributed by atoms with E-state index < -0.39 is 0 Å². The molecule has 1 fully saturated rings. The summed E-state index contributed by atoms with van der Waals surface area (Å²) in [6, 6.07) is 10.5. The number of nitrogens with one attached hydrogen (secondary N) is 2. The van der Waals surface area contributed by atoms with Gasteiger partial charge in [-0.2, -0.15) is 0 Å². The van der Waals surface area contributed by atoms with E-state index in [1.54, 1.807) is 6.33 Å². The Balaban J connectivity index is 1.60. The van der Waals surface area contributed by atoms with E-state index in [0.29, 0.717) is 5.92 Å². The second-order valence-electron chi connectivity index (χ2n) is 7.03. The van der Waals surface area contributed by atoms with Crippen LogP contribution in [0.5, 0.6) is 0 Å². The van der Waals surface area contributed by atoms with Crippen molar-refractivity contribution < 1.29 is 0 Å². The second kappa shape index (κ2) is 8.16. The van der Waals surface area contributed by atoms with E-state index in [4.69, 9.17) is 0 Å². The zero-order valence-corrected chi connectivity index (χ0v) is 15.4. The molecule has 0 saturated carbocycles. The molecule has 0 bridgehead atoms. The first kappa shape index (κ1) is 17.5. The minimum atomic E-state index is 0.577. The van der Waals surface area contributed by atoms with Crippen LogP contribution in [0.3, 0.4) is 0 Å². The Morgan fingerprint density at radius 1 is 1.00 bits per heavy atom. The number of aromatic nitrogens is 2. The largest absolute Gasteiger partial charge is 0.370 e. The van der Waals surface area contributed by atoms with Gasteiger partial charge in [-0.05, 0) is 37.2 Å². The van der Waals surface area contributed by atoms with Gasteiger partial charge in [0.2, 0.25) is 0 Å². The SMILES string of the molecule is CC(C)CNc1cc(Nc2ccc(N3CCN(C)CC3)cc2)ncn1. The third kappa shape index (κ3) is 5.06. The van der Waals surface area contributed by atoms with Crippen molar-refractivity contribution in [3.05, 3.63) is 36.7 Å². The van der Waals surface area contributed by atoms with Crippen molar-refractivity contribution in [2.24, 2.45) is 5.92 Å². The lowest BCUT2D eigenvalue weighted by Gasteiger charge is -2.34. The monoisotopic (exact) mass is 340 g/mol. The van der Waals surface area contributed by atoms with Crippen LogP contribution in [-0.2, 0) is 0 Å². The lowest BCUT2D eigenvalue weighted by Crippen LogP contribution is -2.44. The number of piperazine rings is 1. The molecule has 25 heavy (non-hydrogen) atoms. The van der Waals surface area contributed by atoms with Crippen LogP contribution in [0.2, 0.25) is 0 Å². The highest BCUT2D eigenvalue weighted by Crippen LogP contribution is 2.22. The van der Waals surface area contributed by atoms with Crippen LogP contribution in [0.1, 0.15) is 13.8 Å². The first-order chi connectivity index (χ1) is 12.1. The van der Waals surface area contributed by atoms with Crippen LogP contribution in [0.15, 0.2) is 36.7 Å². The summed E-state index contributed by atoms with van der Waals surface area (Å²) in [5.74, 6) is 2.22. The standard InChI is InChI=1S/C19H28N6/c1-15(2)13-20-18-12-19(22-14-21-18)23-16-4-6-17(7-5-16)25-10-8-24(3)9-11-25/h4-7,12,14-15H,8-11,13H2,1-3H3,(H2,20,21,22,23). The van der Waals surface area contributed by atoms with Gasteiger partial charge in [-0.3, -0.25) is 0 Å². The first-order valence-corrected chi connectivity index (χ1v) is 8.96. The van der Waals surface area contributed by atoms with E-state index in [0.717, 1.165) is 50.0 Å². The summed E-state index contributed by atoms with van der Waals surface area (Å²) in [5.41, 5.74) is 2.31. The van der Waals surface area contributed by atoms with E-state index in [-0.39, 0.29) is 0 Å². The van der Waals surface area contributed by atoms with Gasteiger partial charge in [0, 0.05) is 50.2 Å². The molecule has 0 spiro atoms. The van der Waals surface area contributed by atoms with E-state index in [2.05, 4.69) is 75.6 Å². The number of hydrogen-bond acceptors (Lipinski definition) is 6. The van der Waals surface area contributed by atoms with Gasteiger partial charge in [0.15, 0.2) is 0 Å². The molecule has 3 rings (SSSR count). The molecule has 1 aromatic carbocycles. The molecule has 0 unspecified atom stereocenters. The Hall–Kier alpha value is -2.34. The van der Waals surface area contributed by atoms with E-state index in [1.807, 2.05) is 6.07 Å². The third-order valence-electron chi connectivity index (χ3n) is 4.37. The highest BCUT2D eigenvalue weighted by atomic mass is 15.2. The quantitative estimate of drug-likeness (QED) is 0.843. The van der Waals surface area contributed by atoms with Gasteiger partial charge in [0.1, 0.15) is 18.0 Å². The van der Waals surface area contributed by atoms with Crippen molar-refractivity contribution in [1.29, 1.82) is 0 Å². The lowest BCUT2D eigenvalue weighted by atomic mass is 10.2. The van der Waals surface area contributed by atoms with Gasteiger partial charge >= 0.3 is 0 Å². The van der Waals surface area contributed by atoms with Crippen LogP contribution in [-0.4, -0.2) is 54.6 Å². The Kier molecular flexibility index (Phi) is 5.71. The van der Waals surface area contributed by atoms with Crippen molar-refractivity contribution in [1.82, 2.24) is 14.9 Å². The fourth-order valence-corrected chi connectivity index (χ4v) is 2.80. The third-order valence-corrected chi connectivity index (χ3v) is 4.37. The molecule has 2 aromatic rings. The number of anilines is 4. The Morgan fingerprint density at radius 3 is 2.36 bits per heavy atom. The summed E-state index contributed by atoms with van der Waals surface area (Å²) < 4.78 is 0. The van der Waals surface area contributed by atoms with E-state index in [1.165, 1.54) is 5.69 Å². The number of rotatable bonds is 6. The summed E-state index contributed by atoms with van der Waals surface area (Å²) in [7, 11) is 2.18. The summed E-state index contributed by atoms with van der Waals surface area (Å²) in [6.07, 6.45) is 1.59. The smallest absolute Gasteiger partial charge is 0.135 e. The van der Waals surface area contributed by atoms with Crippen molar-refractivity contribution in [2.75, 3.05) is 55.3 Å². The number of nitrogens with zero attached hydrogens (tertiary/aromatic N) is 4. The molecule has 1 aromatic heterocycles. The summed E-state index contributed by atoms with van der Waals surface area (Å²) in [6.45, 7) is 9.65. The second-order valence-corrected chi connectivity index (χ2v) is 7.03. The van der Waals surface area contributed by atoms with Crippen LogP contribution < -0.4 is 15.5 Å². The van der Waals surface area contributed by atoms with Crippen LogP contribution in [0.25, 0.3) is 0 Å². The van der Waals surface area contributed by atoms with Crippen molar-refractivity contribution in [3.63, 3.8) is 0 Å². The molecule has 2 heterocycles. The Labute approximate surface area is 150 Å². The molecule has 6 heteroatoms. The normalized spacial score (nSPS) is 15.4. The molecule has 0 atom stereocenters. The summed E-state index contributed by atoms with van der Waals surface area (Å²) in [4.78, 5) is 13.4. The summed E-state index contributed by atoms with van der Waals surface area (Å²) >= 11 is 0. The molecule has 0 amide bonds. The van der Waals surface area contributed by atoms with Crippen LogP contribution in [0.4, 0.5) is 23.0 Å². The zero-order chi connectivity index (χ0) is 17.6. The average molecular weight is 340 g/mol. The van der Waals surface area contributed by atoms with E-state index in [9.17, 15) is 0 Å². The van der Waals surface area contributed by atoms with Crippen molar-refractivity contribution in [2.45, 2.75) is 13.8 Å². The van der Waals surface area contributed by atoms with Crippen molar-refractivity contribution in [3.8, 4) is 0 Å². The predicted octanol–water partition coefficient (Wildman–Crippen LogP) is 3.04. The highest BCUT2D eigenvalue weighted by molar-refractivity contribution is 5.62. The Morgan fingerprint density at radius 2 is 1.68 bits per heavy atom. The van der Waals surface area contributed by atoms with Crippen LogP contribution >= 0.6 is 0 Å². The fourth-order valence-electron chi connectivity index (χ4n) is 2.80. The van der Waals surface area contributed by atoms with Crippen LogP contribution in [0, 0.1) is 5.92 Å². The van der Waals surface area contributed by atoms with Crippen molar-refractivity contribution >= 4 is 23.0 Å². The van der Waals surface area contributed by atoms with Gasteiger partial charge in [-0.25, -0.2) is 9.97 Å². The molecule has 0 aliphatic carbocycles. The summed E-state index contributed by atoms with van der Waals surface area (Å²) in [5, 5.41) is 6.68. The average Bonchev–Trinajstić information content (AvgIpc) is 2.62. The zero-order valence-electron chi connectivity index (χ0n) is 15.4. The van der Waals surface area contributed by atoms with Gasteiger partial charge in [0.05, 0.1) is 0 Å². The number of benzene rings is 1. The molecule has 0 radical (unpaired) electrons. The maximum absolute atomic E-state index is 4.30. The molecule has 2 N–H and O–H groups in total. The number of likely N-dealkylation sites (N-methyl/N-ethyl adjacent to an activating group) is 1. The molecule has 6 nitrogen and oxygen atoms in total. The first-order valence-electron chi connectivity index (χ1n) is 8.96. The lowest BCUT2D eigenvalue weighted by molar-refractivity contribution is 0.313. The molecule has 134 valence electrons. The highest BCUT2D eigenvalue weighted by Gasteiger charge is 2.13. The van der Waals surface area contributed by atoms with Gasteiger partial charge in [-0.15, -0.1) is 0 Å². The molecular weight excluding hydrogens is 312 g/mol. The predicted molar refractivity (Wildman–Crippen MR) is 105 cm³/mol. The Bertz CT molecular complexity index is 662. The fraction of sp³-hybridized carbons (Fsp3) is 0.474. The minimum Gasteiger partial charge on any atom is -0.370 e. The van der Waals surface area contributed by atoms with Gasteiger partial charge in [-0.1, -0.05) is 13.8 Å². The maximum Gasteiger partial charge on any atom is 0.135 e. The van der Waals surface area contributed by atoms with E-state index >= 15 is 0 Å².